The molecule has 1 aromatic rings. The van der Waals surface area contributed by atoms with Crippen LogP contribution in [0.25, 0.3) is 0 Å². The highest BCUT2D eigenvalue weighted by Crippen LogP contribution is 2.56. The van der Waals surface area contributed by atoms with E-state index in [2.05, 4.69) is 32.7 Å². The minimum absolute atomic E-state index is 0.0438. The molecule has 2 saturated carbocycles. The minimum atomic E-state index is -0.224. The van der Waals surface area contributed by atoms with Crippen LogP contribution in [-0.4, -0.2) is 17.1 Å². The molecule has 0 radical (unpaired) electrons. The number of benzene rings is 1. The summed E-state index contributed by atoms with van der Waals surface area (Å²) in [5.74, 6) is 1.94. The summed E-state index contributed by atoms with van der Waals surface area (Å²) in [5, 5.41) is 14.2. The molecule has 1 aromatic carbocycles. The van der Waals surface area contributed by atoms with Crippen LogP contribution in [0.15, 0.2) is 48.1 Å². The first kappa shape index (κ1) is 23.1. The Kier molecular flexibility index (Phi) is 7.14. The van der Waals surface area contributed by atoms with E-state index in [-0.39, 0.29) is 17.4 Å². The minimum Gasteiger partial charge on any atom is -0.393 e. The lowest BCUT2D eigenvalue weighted by molar-refractivity contribution is -0.112. The van der Waals surface area contributed by atoms with Crippen LogP contribution < -0.4 is 5.32 Å². The maximum absolute atomic E-state index is 12.4. The first-order valence-electron chi connectivity index (χ1n) is 11.2. The van der Waals surface area contributed by atoms with E-state index in [1.54, 1.807) is 18.2 Å². The van der Waals surface area contributed by atoms with Crippen molar-refractivity contribution in [2.45, 2.75) is 65.9 Å². The van der Waals surface area contributed by atoms with Gasteiger partial charge in [-0.05, 0) is 86.3 Å². The van der Waals surface area contributed by atoms with Crippen molar-refractivity contribution in [2.75, 3.05) is 5.32 Å². The van der Waals surface area contributed by atoms with Gasteiger partial charge in [-0.2, -0.15) is 0 Å². The standard InChI is InChI=1S/C26H36ClNO2/c1-16(13-24(30)28-20-8-6-7-19(27)15-20)9-11-21-17(2)10-12-22-25(21)18(3)14-23(29)26(22,4)5/h6-8,13,15,18,21-23,25,29H,2,9-12,14H2,1,3-5H3,(H,28,30). The average Bonchev–Trinajstić information content (AvgIpc) is 2.65. The van der Waals surface area contributed by atoms with Crippen molar-refractivity contribution in [3.63, 3.8) is 0 Å². The third kappa shape index (κ3) is 5.00. The van der Waals surface area contributed by atoms with Crippen LogP contribution >= 0.6 is 11.6 Å². The molecule has 0 aliphatic heterocycles. The monoisotopic (exact) mass is 429 g/mol. The van der Waals surface area contributed by atoms with Crippen LogP contribution in [0.4, 0.5) is 5.69 Å². The predicted molar refractivity (Wildman–Crippen MR) is 125 cm³/mol. The number of nitrogens with one attached hydrogen (secondary N) is 1. The van der Waals surface area contributed by atoms with Crippen LogP contribution in [0.1, 0.15) is 59.8 Å². The SMILES string of the molecule is C=C1CCC2C(C(C)CC(O)C2(C)C)C1CCC(C)=CC(=O)Nc1cccc(Cl)c1. The summed E-state index contributed by atoms with van der Waals surface area (Å²) in [6.45, 7) is 13.2. The molecule has 5 atom stereocenters. The molecule has 5 unspecified atom stereocenters. The molecule has 4 heteroatoms. The van der Waals surface area contributed by atoms with Crippen LogP contribution in [0, 0.1) is 29.1 Å². The Morgan fingerprint density at radius 1 is 1.40 bits per heavy atom. The molecule has 0 bridgehead atoms. The lowest BCUT2D eigenvalue weighted by Gasteiger charge is -2.55. The van der Waals surface area contributed by atoms with E-state index in [0.29, 0.717) is 34.4 Å². The number of aliphatic hydroxyl groups is 1. The van der Waals surface area contributed by atoms with Gasteiger partial charge in [-0.15, -0.1) is 0 Å². The molecular formula is C26H36ClNO2. The molecule has 2 fully saturated rings. The van der Waals surface area contributed by atoms with E-state index in [0.717, 1.165) is 37.7 Å². The molecule has 2 aliphatic carbocycles. The summed E-state index contributed by atoms with van der Waals surface area (Å²) in [6, 6.07) is 7.19. The van der Waals surface area contributed by atoms with Crippen molar-refractivity contribution in [2.24, 2.45) is 29.1 Å². The van der Waals surface area contributed by atoms with Crippen LogP contribution in [0.3, 0.4) is 0 Å². The summed E-state index contributed by atoms with van der Waals surface area (Å²) in [7, 11) is 0. The highest BCUT2D eigenvalue weighted by Gasteiger charge is 2.51. The first-order valence-corrected chi connectivity index (χ1v) is 11.6. The quantitative estimate of drug-likeness (QED) is 0.407. The van der Waals surface area contributed by atoms with E-state index in [4.69, 9.17) is 11.6 Å². The highest BCUT2D eigenvalue weighted by molar-refractivity contribution is 6.30. The number of hydrogen-bond donors (Lipinski definition) is 2. The molecule has 2 aliphatic rings. The van der Waals surface area contributed by atoms with E-state index in [1.807, 2.05) is 19.1 Å². The summed E-state index contributed by atoms with van der Waals surface area (Å²) < 4.78 is 0. The molecule has 1 amide bonds. The molecule has 0 spiro atoms. The first-order chi connectivity index (χ1) is 14.1. The molecule has 0 saturated heterocycles. The Bertz CT molecular complexity index is 828. The predicted octanol–water partition coefficient (Wildman–Crippen LogP) is 6.63. The number of carbonyl (C=O) groups excluding carboxylic acids is 1. The Morgan fingerprint density at radius 3 is 2.83 bits per heavy atom. The molecule has 2 N–H and O–H groups in total. The van der Waals surface area contributed by atoms with Gasteiger partial charge in [-0.3, -0.25) is 4.79 Å². The van der Waals surface area contributed by atoms with Gasteiger partial charge in [0.1, 0.15) is 0 Å². The number of fused-ring (bicyclic) bond motifs is 1. The number of allylic oxidation sites excluding steroid dienone is 2. The largest absolute Gasteiger partial charge is 0.393 e. The van der Waals surface area contributed by atoms with Crippen molar-refractivity contribution in [3.05, 3.63) is 53.1 Å². The maximum atomic E-state index is 12.4. The van der Waals surface area contributed by atoms with Gasteiger partial charge in [0.2, 0.25) is 5.91 Å². The number of hydrogen-bond acceptors (Lipinski definition) is 2. The molecular weight excluding hydrogens is 394 g/mol. The number of rotatable bonds is 5. The second kappa shape index (κ2) is 9.28. The maximum Gasteiger partial charge on any atom is 0.248 e. The normalized spacial score (nSPS) is 31.2. The summed E-state index contributed by atoms with van der Waals surface area (Å²) in [5.41, 5.74) is 3.09. The van der Waals surface area contributed by atoms with Gasteiger partial charge in [0.15, 0.2) is 0 Å². The van der Waals surface area contributed by atoms with Crippen molar-refractivity contribution in [3.8, 4) is 0 Å². The molecule has 3 nitrogen and oxygen atoms in total. The highest BCUT2D eigenvalue weighted by atomic mass is 35.5. The van der Waals surface area contributed by atoms with E-state index < -0.39 is 0 Å². The van der Waals surface area contributed by atoms with Gasteiger partial charge in [0.25, 0.3) is 0 Å². The number of halogens is 1. The Hall–Kier alpha value is -1.58. The summed E-state index contributed by atoms with van der Waals surface area (Å²) >= 11 is 5.99. The topological polar surface area (TPSA) is 49.3 Å². The van der Waals surface area contributed by atoms with Crippen molar-refractivity contribution in [1.29, 1.82) is 0 Å². The lowest BCUT2D eigenvalue weighted by atomic mass is 9.50. The van der Waals surface area contributed by atoms with Crippen molar-refractivity contribution < 1.29 is 9.90 Å². The van der Waals surface area contributed by atoms with Gasteiger partial charge in [-0.25, -0.2) is 0 Å². The van der Waals surface area contributed by atoms with Gasteiger partial charge < -0.3 is 10.4 Å². The second-order valence-electron chi connectivity index (χ2n) is 10.1. The fourth-order valence-corrected chi connectivity index (χ4v) is 6.00. The van der Waals surface area contributed by atoms with Crippen molar-refractivity contribution >= 4 is 23.2 Å². The Balaban J connectivity index is 1.65. The fraction of sp³-hybridized carbons (Fsp3) is 0.577. The lowest BCUT2D eigenvalue weighted by Crippen LogP contribution is -2.52. The zero-order chi connectivity index (χ0) is 22.1. The van der Waals surface area contributed by atoms with Crippen molar-refractivity contribution in [1.82, 2.24) is 0 Å². The number of amides is 1. The summed E-state index contributed by atoms with van der Waals surface area (Å²) in [6.07, 6.45) is 6.42. The molecule has 3 rings (SSSR count). The average molecular weight is 430 g/mol. The zero-order valence-electron chi connectivity index (χ0n) is 18.7. The summed E-state index contributed by atoms with van der Waals surface area (Å²) in [4.78, 5) is 12.4. The molecule has 30 heavy (non-hydrogen) atoms. The van der Waals surface area contributed by atoms with Gasteiger partial charge in [-0.1, -0.05) is 56.2 Å². The molecule has 0 aromatic heterocycles. The van der Waals surface area contributed by atoms with Crippen LogP contribution in [0.5, 0.6) is 0 Å². The van der Waals surface area contributed by atoms with E-state index in [9.17, 15) is 9.90 Å². The number of aliphatic hydroxyl groups excluding tert-OH is 1. The third-order valence-electron chi connectivity index (χ3n) is 7.62. The van der Waals surface area contributed by atoms with Crippen LogP contribution in [-0.2, 0) is 4.79 Å². The van der Waals surface area contributed by atoms with E-state index in [1.165, 1.54) is 5.57 Å². The van der Waals surface area contributed by atoms with Gasteiger partial charge >= 0.3 is 0 Å². The smallest absolute Gasteiger partial charge is 0.248 e. The van der Waals surface area contributed by atoms with Gasteiger partial charge in [0, 0.05) is 16.8 Å². The molecule has 0 heterocycles. The number of carbonyl (C=O) groups is 1. The second-order valence-corrected chi connectivity index (χ2v) is 10.5. The van der Waals surface area contributed by atoms with Crippen LogP contribution in [0.2, 0.25) is 5.02 Å². The zero-order valence-corrected chi connectivity index (χ0v) is 19.5. The Morgan fingerprint density at radius 2 is 2.13 bits per heavy atom. The Labute approximate surface area is 186 Å². The third-order valence-corrected chi connectivity index (χ3v) is 7.85. The van der Waals surface area contributed by atoms with E-state index >= 15 is 0 Å². The number of anilines is 1. The fourth-order valence-electron chi connectivity index (χ4n) is 5.81. The van der Waals surface area contributed by atoms with Gasteiger partial charge in [0.05, 0.1) is 6.10 Å². The molecule has 164 valence electrons.